The van der Waals surface area contributed by atoms with Crippen LogP contribution in [0.3, 0.4) is 0 Å². The zero-order chi connectivity index (χ0) is 22.5. The van der Waals surface area contributed by atoms with E-state index in [1.807, 2.05) is 0 Å². The highest BCUT2D eigenvalue weighted by molar-refractivity contribution is 7.80. The minimum Gasteiger partial charge on any atom is -0.465 e. The maximum Gasteiger partial charge on any atom is 0.348 e. The SMILES string of the molecule is COC(=O)c1sc(NC(=S)Nc2cnn(Cc3ccc(F)cc3)c2)c(C(=O)OC)c1C. The number of nitrogens with one attached hydrogen (secondary N) is 2. The van der Waals surface area contributed by atoms with Gasteiger partial charge in [-0.15, -0.1) is 11.3 Å². The number of carbonyl (C=O) groups excluding carboxylic acids is 2. The molecule has 2 N–H and O–H groups in total. The second-order valence-electron chi connectivity index (χ2n) is 6.38. The first kappa shape index (κ1) is 22.4. The van der Waals surface area contributed by atoms with E-state index >= 15 is 0 Å². The number of halogens is 1. The van der Waals surface area contributed by atoms with Crippen molar-refractivity contribution in [2.24, 2.45) is 0 Å². The molecule has 0 saturated carbocycles. The first-order chi connectivity index (χ1) is 14.8. The monoisotopic (exact) mass is 462 g/mol. The van der Waals surface area contributed by atoms with Crippen molar-refractivity contribution in [2.75, 3.05) is 24.9 Å². The number of benzene rings is 1. The highest BCUT2D eigenvalue weighted by atomic mass is 32.1. The van der Waals surface area contributed by atoms with Crippen LogP contribution in [0.2, 0.25) is 0 Å². The van der Waals surface area contributed by atoms with Crippen molar-refractivity contribution in [2.45, 2.75) is 13.5 Å². The number of thiocarbonyl (C=S) groups is 1. The second-order valence-corrected chi connectivity index (χ2v) is 7.80. The Morgan fingerprint density at radius 2 is 1.84 bits per heavy atom. The smallest absolute Gasteiger partial charge is 0.348 e. The summed E-state index contributed by atoms with van der Waals surface area (Å²) in [5.74, 6) is -1.45. The molecule has 0 radical (unpaired) electrons. The van der Waals surface area contributed by atoms with Crippen molar-refractivity contribution in [3.63, 3.8) is 0 Å². The van der Waals surface area contributed by atoms with Gasteiger partial charge >= 0.3 is 11.9 Å². The van der Waals surface area contributed by atoms with Gasteiger partial charge in [0.05, 0.1) is 38.2 Å². The van der Waals surface area contributed by atoms with Crippen LogP contribution >= 0.6 is 23.6 Å². The molecule has 3 rings (SSSR count). The molecule has 2 heterocycles. The van der Waals surface area contributed by atoms with E-state index in [2.05, 4.69) is 15.7 Å². The summed E-state index contributed by atoms with van der Waals surface area (Å²) in [7, 11) is 2.52. The molecule has 0 atom stereocenters. The molecular weight excluding hydrogens is 443 g/mol. The number of thiophene rings is 1. The number of hydrogen-bond donors (Lipinski definition) is 2. The summed E-state index contributed by atoms with van der Waals surface area (Å²) in [6, 6.07) is 6.15. The average Bonchev–Trinajstić information content (AvgIpc) is 3.32. The van der Waals surface area contributed by atoms with Gasteiger partial charge in [0.1, 0.15) is 15.7 Å². The summed E-state index contributed by atoms with van der Waals surface area (Å²) >= 11 is 6.38. The minimum absolute atomic E-state index is 0.198. The fourth-order valence-electron chi connectivity index (χ4n) is 2.79. The summed E-state index contributed by atoms with van der Waals surface area (Å²) in [6.07, 6.45) is 3.32. The van der Waals surface area contributed by atoms with Crippen molar-refractivity contribution in [1.82, 2.24) is 9.78 Å². The average molecular weight is 463 g/mol. The van der Waals surface area contributed by atoms with Gasteiger partial charge in [-0.3, -0.25) is 4.68 Å². The van der Waals surface area contributed by atoms with Crippen LogP contribution < -0.4 is 10.6 Å². The van der Waals surface area contributed by atoms with Crippen LogP contribution in [-0.4, -0.2) is 41.1 Å². The normalized spacial score (nSPS) is 10.5. The maximum absolute atomic E-state index is 13.0. The molecule has 0 bridgehead atoms. The molecule has 0 aliphatic heterocycles. The predicted molar refractivity (Wildman–Crippen MR) is 119 cm³/mol. The molecule has 11 heteroatoms. The Morgan fingerprint density at radius 3 is 2.48 bits per heavy atom. The lowest BCUT2D eigenvalue weighted by atomic mass is 10.1. The number of anilines is 2. The topological polar surface area (TPSA) is 94.5 Å². The van der Waals surface area contributed by atoms with Gasteiger partial charge < -0.3 is 20.1 Å². The summed E-state index contributed by atoms with van der Waals surface area (Å²) in [5, 5.41) is 10.7. The highest BCUT2D eigenvalue weighted by Crippen LogP contribution is 2.34. The van der Waals surface area contributed by atoms with Crippen molar-refractivity contribution >= 4 is 51.3 Å². The molecule has 162 valence electrons. The Balaban J connectivity index is 1.72. The molecule has 0 saturated heterocycles. The summed E-state index contributed by atoms with van der Waals surface area (Å²) < 4.78 is 24.3. The molecule has 0 amide bonds. The maximum atomic E-state index is 13.0. The van der Waals surface area contributed by atoms with Gasteiger partial charge in [0, 0.05) is 6.20 Å². The molecule has 0 aliphatic carbocycles. The van der Waals surface area contributed by atoms with E-state index in [1.54, 1.807) is 36.1 Å². The fourth-order valence-corrected chi connectivity index (χ4v) is 4.20. The lowest BCUT2D eigenvalue weighted by Gasteiger charge is -2.09. The standard InChI is InChI=1S/C20H19FN4O4S2/c1-11-15(18(26)28-2)17(31-16(11)19(27)29-3)24-20(30)23-14-8-22-25(10-14)9-12-4-6-13(21)7-5-12/h4-8,10H,9H2,1-3H3,(H2,23,24,30). The van der Waals surface area contributed by atoms with Gasteiger partial charge in [-0.05, 0) is 42.4 Å². The second kappa shape index (κ2) is 9.67. The first-order valence-corrected chi connectivity index (χ1v) is 10.2. The van der Waals surface area contributed by atoms with Crippen LogP contribution in [0.5, 0.6) is 0 Å². The third-order valence-electron chi connectivity index (χ3n) is 4.28. The van der Waals surface area contributed by atoms with Crippen LogP contribution in [0.1, 0.15) is 31.2 Å². The molecule has 3 aromatic rings. The Labute approximate surface area is 187 Å². The largest absolute Gasteiger partial charge is 0.465 e. The molecule has 2 aromatic heterocycles. The number of rotatable bonds is 6. The number of carbonyl (C=O) groups is 2. The number of ether oxygens (including phenoxy) is 2. The molecule has 0 unspecified atom stereocenters. The third kappa shape index (κ3) is 5.25. The van der Waals surface area contributed by atoms with Gasteiger partial charge in [0.25, 0.3) is 0 Å². The van der Waals surface area contributed by atoms with Crippen molar-refractivity contribution in [3.05, 3.63) is 64.0 Å². The molecule has 0 spiro atoms. The number of aromatic nitrogens is 2. The molecule has 0 fully saturated rings. The van der Waals surface area contributed by atoms with Crippen LogP contribution in [0, 0.1) is 12.7 Å². The van der Waals surface area contributed by atoms with Gasteiger partial charge in [0.2, 0.25) is 0 Å². The highest BCUT2D eigenvalue weighted by Gasteiger charge is 2.26. The Morgan fingerprint density at radius 1 is 1.16 bits per heavy atom. The number of methoxy groups -OCH3 is 2. The first-order valence-electron chi connectivity index (χ1n) is 8.97. The molecular formula is C20H19FN4O4S2. The fraction of sp³-hybridized carbons (Fsp3) is 0.200. The number of nitrogens with zero attached hydrogens (tertiary/aromatic N) is 2. The van der Waals surface area contributed by atoms with Gasteiger partial charge in [0.15, 0.2) is 5.11 Å². The van der Waals surface area contributed by atoms with Crippen LogP contribution in [0.4, 0.5) is 15.1 Å². The lowest BCUT2D eigenvalue weighted by molar-refractivity contribution is 0.0601. The molecule has 8 nitrogen and oxygen atoms in total. The lowest BCUT2D eigenvalue weighted by Crippen LogP contribution is -2.20. The summed E-state index contributed by atoms with van der Waals surface area (Å²) in [4.78, 5) is 24.5. The van der Waals surface area contributed by atoms with Crippen molar-refractivity contribution in [3.8, 4) is 0 Å². The van der Waals surface area contributed by atoms with E-state index in [9.17, 15) is 14.0 Å². The van der Waals surface area contributed by atoms with Gasteiger partial charge in [-0.1, -0.05) is 12.1 Å². The van der Waals surface area contributed by atoms with Crippen LogP contribution in [0.25, 0.3) is 0 Å². The van der Waals surface area contributed by atoms with Gasteiger partial charge in [-0.25, -0.2) is 14.0 Å². The minimum atomic E-state index is -0.596. The summed E-state index contributed by atoms with van der Waals surface area (Å²) in [6.45, 7) is 2.09. The van der Waals surface area contributed by atoms with E-state index < -0.39 is 11.9 Å². The van der Waals surface area contributed by atoms with E-state index in [1.165, 1.54) is 26.4 Å². The van der Waals surface area contributed by atoms with Crippen LogP contribution in [-0.2, 0) is 16.0 Å². The number of esters is 2. The molecule has 0 aliphatic rings. The quantitative estimate of drug-likeness (QED) is 0.422. The Bertz CT molecular complexity index is 1120. The predicted octanol–water partition coefficient (Wildman–Crippen LogP) is 3.82. The van der Waals surface area contributed by atoms with E-state index in [0.717, 1.165) is 16.9 Å². The number of hydrogen-bond acceptors (Lipinski definition) is 7. The van der Waals surface area contributed by atoms with Crippen LogP contribution in [0.15, 0.2) is 36.7 Å². The van der Waals surface area contributed by atoms with E-state index in [-0.39, 0.29) is 21.4 Å². The zero-order valence-electron chi connectivity index (χ0n) is 16.9. The van der Waals surface area contributed by atoms with E-state index in [0.29, 0.717) is 22.8 Å². The summed E-state index contributed by atoms with van der Waals surface area (Å²) in [5.41, 5.74) is 2.16. The Hall–Kier alpha value is -3.31. The molecule has 31 heavy (non-hydrogen) atoms. The van der Waals surface area contributed by atoms with Crippen molar-refractivity contribution < 1.29 is 23.5 Å². The third-order valence-corrected chi connectivity index (χ3v) is 5.67. The van der Waals surface area contributed by atoms with Crippen molar-refractivity contribution in [1.29, 1.82) is 0 Å². The van der Waals surface area contributed by atoms with Gasteiger partial charge in [-0.2, -0.15) is 5.10 Å². The van der Waals surface area contributed by atoms with E-state index in [4.69, 9.17) is 21.7 Å². The Kier molecular flexibility index (Phi) is 6.98. The zero-order valence-corrected chi connectivity index (χ0v) is 18.5. The molecule has 1 aromatic carbocycles.